The SMILES string of the molecule is CC(O[SH](=O)=O)c1ccc(C(=O)Nc2ccc(Cl)c(-c3ccccn3)c2)c(Br)c1. The molecule has 6 nitrogen and oxygen atoms in total. The number of benzene rings is 2. The van der Waals surface area contributed by atoms with Gasteiger partial charge in [0.05, 0.1) is 22.4 Å². The van der Waals surface area contributed by atoms with Crippen molar-refractivity contribution in [2.75, 3.05) is 5.32 Å². The number of amides is 1. The zero-order chi connectivity index (χ0) is 21.0. The Hall–Kier alpha value is -2.26. The lowest BCUT2D eigenvalue weighted by Gasteiger charge is -2.13. The molecule has 1 aromatic heterocycles. The summed E-state index contributed by atoms with van der Waals surface area (Å²) in [6.45, 7) is 1.61. The van der Waals surface area contributed by atoms with Gasteiger partial charge in [0.1, 0.15) is 0 Å². The first-order chi connectivity index (χ1) is 13.8. The van der Waals surface area contributed by atoms with Crippen LogP contribution in [0.2, 0.25) is 5.02 Å². The quantitative estimate of drug-likeness (QED) is 0.469. The number of aromatic nitrogens is 1. The number of hydrogen-bond acceptors (Lipinski definition) is 5. The second-order valence-corrected chi connectivity index (χ2v) is 7.99. The molecular formula is C20H16BrClN2O4S. The second-order valence-electron chi connectivity index (χ2n) is 6.07. The van der Waals surface area contributed by atoms with Crippen LogP contribution in [-0.2, 0) is 15.2 Å². The van der Waals surface area contributed by atoms with Gasteiger partial charge in [0, 0.05) is 21.9 Å². The number of nitrogens with zero attached hydrogens (tertiary/aromatic N) is 1. The highest BCUT2D eigenvalue weighted by Crippen LogP contribution is 2.30. The third-order valence-corrected chi connectivity index (χ3v) is 5.59. The molecule has 0 saturated carbocycles. The van der Waals surface area contributed by atoms with E-state index in [2.05, 4.69) is 26.2 Å². The summed E-state index contributed by atoms with van der Waals surface area (Å²) in [5.41, 5.74) is 2.98. The number of carbonyl (C=O) groups is 1. The number of rotatable bonds is 6. The van der Waals surface area contributed by atoms with Crippen LogP contribution in [0.15, 0.2) is 65.3 Å². The molecule has 2 aromatic carbocycles. The van der Waals surface area contributed by atoms with Crippen LogP contribution in [0.4, 0.5) is 5.69 Å². The number of pyridine rings is 1. The Morgan fingerprint density at radius 2 is 1.97 bits per heavy atom. The number of nitrogens with one attached hydrogen (secondary N) is 1. The molecule has 1 atom stereocenters. The van der Waals surface area contributed by atoms with Gasteiger partial charge < -0.3 is 5.32 Å². The molecule has 1 heterocycles. The van der Waals surface area contributed by atoms with E-state index in [1.54, 1.807) is 49.5 Å². The Balaban J connectivity index is 1.82. The van der Waals surface area contributed by atoms with Gasteiger partial charge in [0.15, 0.2) is 0 Å². The summed E-state index contributed by atoms with van der Waals surface area (Å²) in [6.07, 6.45) is 1.02. The van der Waals surface area contributed by atoms with Crippen LogP contribution in [0, 0.1) is 0 Å². The fourth-order valence-electron chi connectivity index (χ4n) is 2.68. The smallest absolute Gasteiger partial charge is 0.257 e. The topological polar surface area (TPSA) is 85.4 Å². The Bertz CT molecular complexity index is 1110. The summed E-state index contributed by atoms with van der Waals surface area (Å²) in [5, 5.41) is 3.36. The minimum absolute atomic E-state index is 0.332. The van der Waals surface area contributed by atoms with E-state index in [9.17, 15) is 13.2 Å². The summed E-state index contributed by atoms with van der Waals surface area (Å²) >= 11 is 9.64. The fourth-order valence-corrected chi connectivity index (χ4v) is 3.85. The molecule has 0 spiro atoms. The maximum absolute atomic E-state index is 12.7. The Kier molecular flexibility index (Phi) is 7.02. The first-order valence-corrected chi connectivity index (χ1v) is 10.7. The van der Waals surface area contributed by atoms with Crippen LogP contribution in [0.5, 0.6) is 0 Å². The second kappa shape index (κ2) is 9.49. The summed E-state index contributed by atoms with van der Waals surface area (Å²) < 4.78 is 26.7. The average Bonchev–Trinajstić information content (AvgIpc) is 2.69. The van der Waals surface area contributed by atoms with E-state index in [0.717, 1.165) is 0 Å². The Morgan fingerprint density at radius 1 is 1.17 bits per heavy atom. The van der Waals surface area contributed by atoms with Crippen molar-refractivity contribution in [1.29, 1.82) is 0 Å². The zero-order valence-electron chi connectivity index (χ0n) is 15.1. The Labute approximate surface area is 183 Å². The van der Waals surface area contributed by atoms with Gasteiger partial charge in [-0.3, -0.25) is 14.0 Å². The molecule has 1 N–H and O–H groups in total. The van der Waals surface area contributed by atoms with Crippen molar-refractivity contribution in [1.82, 2.24) is 4.98 Å². The van der Waals surface area contributed by atoms with Gasteiger partial charge in [-0.2, -0.15) is 0 Å². The number of thiol groups is 1. The summed E-state index contributed by atoms with van der Waals surface area (Å²) in [6, 6.07) is 15.6. The van der Waals surface area contributed by atoms with E-state index >= 15 is 0 Å². The highest BCUT2D eigenvalue weighted by molar-refractivity contribution is 9.10. The van der Waals surface area contributed by atoms with Gasteiger partial charge in [0.2, 0.25) is 0 Å². The molecule has 0 bridgehead atoms. The number of anilines is 1. The Morgan fingerprint density at radius 3 is 2.62 bits per heavy atom. The zero-order valence-corrected chi connectivity index (χ0v) is 18.4. The maximum atomic E-state index is 12.7. The van der Waals surface area contributed by atoms with Gasteiger partial charge in [-0.25, -0.2) is 8.42 Å². The van der Waals surface area contributed by atoms with Crippen LogP contribution < -0.4 is 5.32 Å². The molecule has 1 unspecified atom stereocenters. The minimum Gasteiger partial charge on any atom is -0.322 e. The third-order valence-electron chi connectivity index (χ3n) is 4.12. The minimum atomic E-state index is -2.96. The molecule has 0 aliphatic rings. The van der Waals surface area contributed by atoms with Crippen molar-refractivity contribution in [2.45, 2.75) is 13.0 Å². The molecular weight excluding hydrogens is 480 g/mol. The molecule has 29 heavy (non-hydrogen) atoms. The number of hydrogen-bond donors (Lipinski definition) is 2. The predicted octanol–water partition coefficient (Wildman–Crippen LogP) is 5.02. The van der Waals surface area contributed by atoms with Crippen molar-refractivity contribution >= 4 is 50.1 Å². The first-order valence-electron chi connectivity index (χ1n) is 8.48. The van der Waals surface area contributed by atoms with Crippen molar-refractivity contribution < 1.29 is 17.4 Å². The molecule has 0 radical (unpaired) electrons. The van der Waals surface area contributed by atoms with E-state index in [0.29, 0.717) is 37.6 Å². The van der Waals surface area contributed by atoms with Crippen LogP contribution in [0.1, 0.15) is 28.9 Å². The monoisotopic (exact) mass is 494 g/mol. The molecule has 0 aliphatic carbocycles. The normalized spacial score (nSPS) is 12.0. The van der Waals surface area contributed by atoms with Crippen molar-refractivity contribution in [2.24, 2.45) is 0 Å². The van der Waals surface area contributed by atoms with E-state index in [1.807, 2.05) is 18.2 Å². The highest BCUT2D eigenvalue weighted by atomic mass is 79.9. The molecule has 150 valence electrons. The van der Waals surface area contributed by atoms with Gasteiger partial charge in [0.25, 0.3) is 16.9 Å². The lowest BCUT2D eigenvalue weighted by atomic mass is 10.1. The average molecular weight is 496 g/mol. The largest absolute Gasteiger partial charge is 0.322 e. The molecule has 9 heteroatoms. The van der Waals surface area contributed by atoms with E-state index < -0.39 is 17.1 Å². The van der Waals surface area contributed by atoms with E-state index in [4.69, 9.17) is 15.8 Å². The summed E-state index contributed by atoms with van der Waals surface area (Å²) in [4.78, 5) is 17.0. The number of carbonyl (C=O) groups excluding carboxylic acids is 1. The lowest BCUT2D eigenvalue weighted by Crippen LogP contribution is -2.13. The van der Waals surface area contributed by atoms with Crippen molar-refractivity contribution in [3.63, 3.8) is 0 Å². The highest BCUT2D eigenvalue weighted by Gasteiger charge is 2.15. The summed E-state index contributed by atoms with van der Waals surface area (Å²) in [5.74, 6) is -0.332. The van der Waals surface area contributed by atoms with Gasteiger partial charge in [-0.05, 0) is 70.9 Å². The molecule has 0 saturated heterocycles. The summed E-state index contributed by atoms with van der Waals surface area (Å²) in [7, 11) is -2.96. The van der Waals surface area contributed by atoms with E-state index in [-0.39, 0.29) is 5.91 Å². The van der Waals surface area contributed by atoms with Crippen LogP contribution in [0.25, 0.3) is 11.3 Å². The van der Waals surface area contributed by atoms with Gasteiger partial charge in [-0.15, -0.1) is 0 Å². The van der Waals surface area contributed by atoms with Crippen LogP contribution in [-0.4, -0.2) is 19.3 Å². The van der Waals surface area contributed by atoms with Gasteiger partial charge >= 0.3 is 0 Å². The number of halogens is 2. The third kappa shape index (κ3) is 5.42. The fraction of sp³-hybridized carbons (Fsp3) is 0.100. The molecule has 3 aromatic rings. The standard InChI is InChI=1S/C20H16BrClN2O4S/c1-12(28-29(26)27)13-5-7-15(17(21)10-13)20(25)24-14-6-8-18(22)16(11-14)19-4-2-3-9-23-19/h2-12,29H,1H3,(H,24,25). The van der Waals surface area contributed by atoms with Crippen molar-refractivity contribution in [3.8, 4) is 11.3 Å². The molecule has 1 amide bonds. The van der Waals surface area contributed by atoms with Crippen molar-refractivity contribution in [3.05, 3.63) is 81.4 Å². The van der Waals surface area contributed by atoms with Gasteiger partial charge in [-0.1, -0.05) is 23.7 Å². The van der Waals surface area contributed by atoms with Crippen LogP contribution >= 0.6 is 27.5 Å². The first kappa shape index (κ1) is 21.4. The lowest BCUT2D eigenvalue weighted by molar-refractivity contribution is 0.102. The van der Waals surface area contributed by atoms with E-state index in [1.165, 1.54) is 0 Å². The van der Waals surface area contributed by atoms with Crippen LogP contribution in [0.3, 0.4) is 0 Å². The maximum Gasteiger partial charge on any atom is 0.257 e. The predicted molar refractivity (Wildman–Crippen MR) is 117 cm³/mol. The molecule has 0 fully saturated rings. The molecule has 0 aliphatic heterocycles. The molecule has 3 rings (SSSR count).